The van der Waals surface area contributed by atoms with E-state index >= 15 is 0 Å². The first-order valence-electron chi connectivity index (χ1n) is 12.9. The molecule has 0 saturated carbocycles. The Balaban J connectivity index is 2.98. The zero-order chi connectivity index (χ0) is 27.3. The summed E-state index contributed by atoms with van der Waals surface area (Å²) in [6.07, 6.45) is 0. The number of nitrogens with zero attached hydrogens (tertiary/aromatic N) is 2. The predicted molar refractivity (Wildman–Crippen MR) is 156 cm³/mol. The van der Waals surface area contributed by atoms with Crippen LogP contribution in [-0.2, 0) is 39.6 Å². The molecular formula is C32H52N2Pd. The molecule has 2 rings (SSSR count). The molecule has 200 valence electrons. The Hall–Kier alpha value is -1.30. The van der Waals surface area contributed by atoms with Gasteiger partial charge in [0.25, 0.3) is 0 Å². The summed E-state index contributed by atoms with van der Waals surface area (Å²) in [4.78, 5) is 4.57. The summed E-state index contributed by atoms with van der Waals surface area (Å²) in [5, 5.41) is 0. The summed E-state index contributed by atoms with van der Waals surface area (Å²) in [5.41, 5.74) is 8.95. The van der Waals surface area contributed by atoms with Crippen LogP contribution in [0.4, 0.5) is 11.4 Å². The third kappa shape index (κ3) is 6.53. The maximum atomic E-state index is 2.42. The fourth-order valence-corrected chi connectivity index (χ4v) is 7.93. The Kier molecular flexibility index (Phi) is 8.44. The fourth-order valence-electron chi connectivity index (χ4n) is 5.01. The van der Waals surface area contributed by atoms with Gasteiger partial charge in [-0.25, -0.2) is 0 Å². The fraction of sp³-hybridized carbons (Fsp3) is 0.625. The third-order valence-electron chi connectivity index (χ3n) is 6.35. The van der Waals surface area contributed by atoms with E-state index in [0.717, 1.165) is 0 Å². The van der Waals surface area contributed by atoms with Crippen LogP contribution in [0, 0.1) is 0 Å². The molecule has 0 bridgehead atoms. The quantitative estimate of drug-likeness (QED) is 0.364. The van der Waals surface area contributed by atoms with E-state index in [1.807, 2.05) is 0 Å². The van der Waals surface area contributed by atoms with Crippen molar-refractivity contribution in [2.24, 2.45) is 0 Å². The van der Waals surface area contributed by atoms with Gasteiger partial charge in [0.15, 0.2) is 0 Å². The zero-order valence-electron chi connectivity index (χ0n) is 25.5. The number of hydrogen-bond donors (Lipinski definition) is 0. The monoisotopic (exact) mass is 570 g/mol. The molecule has 2 nitrogen and oxygen atoms in total. The van der Waals surface area contributed by atoms with Gasteiger partial charge >= 0.3 is 227 Å². The van der Waals surface area contributed by atoms with E-state index in [4.69, 9.17) is 0 Å². The van der Waals surface area contributed by atoms with Gasteiger partial charge in [-0.1, -0.05) is 0 Å². The van der Waals surface area contributed by atoms with Crippen molar-refractivity contribution in [3.63, 3.8) is 0 Å². The van der Waals surface area contributed by atoms with E-state index in [1.54, 1.807) is 0 Å². The average molecular weight is 571 g/mol. The van der Waals surface area contributed by atoms with Gasteiger partial charge in [0.1, 0.15) is 0 Å². The molecular weight excluding hydrogens is 519 g/mol. The van der Waals surface area contributed by atoms with Crippen molar-refractivity contribution in [3.05, 3.63) is 46.5 Å². The minimum absolute atomic E-state index is 0.0564. The summed E-state index contributed by atoms with van der Waals surface area (Å²) in [7, 11) is 8.70. The predicted octanol–water partition coefficient (Wildman–Crippen LogP) is 7.04. The van der Waals surface area contributed by atoms with Crippen LogP contribution in [0.15, 0.2) is 24.3 Å². The van der Waals surface area contributed by atoms with Crippen molar-refractivity contribution >= 4 is 19.4 Å². The van der Waals surface area contributed by atoms with Crippen molar-refractivity contribution < 1.29 is 18.0 Å². The van der Waals surface area contributed by atoms with Gasteiger partial charge in [0.05, 0.1) is 0 Å². The van der Waals surface area contributed by atoms with Crippen molar-refractivity contribution in [3.8, 4) is 0 Å². The Morgan fingerprint density at radius 3 is 0.886 bits per heavy atom. The zero-order valence-corrected chi connectivity index (χ0v) is 27.1. The number of benzene rings is 2. The number of rotatable bonds is 4. The van der Waals surface area contributed by atoms with Crippen LogP contribution < -0.4 is 17.9 Å². The van der Waals surface area contributed by atoms with E-state index in [9.17, 15) is 0 Å². The van der Waals surface area contributed by atoms with E-state index in [1.165, 1.54) is 41.7 Å². The summed E-state index contributed by atoms with van der Waals surface area (Å²) in [6, 6.07) is 9.56. The van der Waals surface area contributed by atoms with Gasteiger partial charge in [-0.2, -0.15) is 0 Å². The molecule has 0 fully saturated rings. The first-order chi connectivity index (χ1) is 15.6. The molecule has 0 aromatic heterocycles. The second kappa shape index (κ2) is 9.87. The van der Waals surface area contributed by atoms with Crippen molar-refractivity contribution in [1.29, 1.82) is 0 Å². The first kappa shape index (κ1) is 29.9. The van der Waals surface area contributed by atoms with Gasteiger partial charge in [0.2, 0.25) is 0 Å². The van der Waals surface area contributed by atoms with E-state index in [2.05, 4.69) is 145 Å². The van der Waals surface area contributed by atoms with Crippen LogP contribution in [0.2, 0.25) is 0 Å². The standard InChI is InChI=1S/2C16H26N.Pd/c2*1-15(2,3)12-10-9-11-13(17(7)8)14(12)16(4,5)6;/h2*9,11H,1-8H3;. The summed E-state index contributed by atoms with van der Waals surface area (Å²) in [6.45, 7) is 28.5. The SMILES string of the molecule is CN(C)c1cc[c]([Pd][c]2ccc(N(C)C)c(C(C)(C)C)c2C(C)(C)C)c(C(C)(C)C)c1C(C)(C)C. The first-order valence-corrected chi connectivity index (χ1v) is 14.4. The molecule has 2 aromatic carbocycles. The van der Waals surface area contributed by atoms with Crippen LogP contribution in [0.1, 0.15) is 105 Å². The third-order valence-corrected chi connectivity index (χ3v) is 8.48. The molecule has 0 aliphatic heterocycles. The second-order valence-electron chi connectivity index (χ2n) is 14.4. The Bertz CT molecular complexity index is 964. The van der Waals surface area contributed by atoms with Crippen LogP contribution in [0.25, 0.3) is 0 Å². The Labute approximate surface area is 226 Å². The van der Waals surface area contributed by atoms with Gasteiger partial charge in [-0.3, -0.25) is 0 Å². The van der Waals surface area contributed by atoms with Gasteiger partial charge in [-0.15, -0.1) is 0 Å². The van der Waals surface area contributed by atoms with Crippen LogP contribution in [0.5, 0.6) is 0 Å². The Morgan fingerprint density at radius 1 is 0.429 bits per heavy atom. The Morgan fingerprint density at radius 2 is 0.686 bits per heavy atom. The normalized spacial score (nSPS) is 13.4. The molecule has 0 heterocycles. The molecule has 0 atom stereocenters. The number of anilines is 2. The average Bonchev–Trinajstić information content (AvgIpc) is 2.63. The molecule has 0 unspecified atom stereocenters. The molecule has 2 aromatic rings. The molecule has 35 heavy (non-hydrogen) atoms. The van der Waals surface area contributed by atoms with Gasteiger partial charge in [-0.05, 0) is 0 Å². The van der Waals surface area contributed by atoms with Crippen molar-refractivity contribution in [2.45, 2.75) is 105 Å². The molecule has 0 amide bonds. The van der Waals surface area contributed by atoms with Crippen LogP contribution in [-0.4, -0.2) is 28.2 Å². The minimum atomic E-state index is 0.0564. The summed E-state index contributed by atoms with van der Waals surface area (Å²) >= 11 is 0.347. The van der Waals surface area contributed by atoms with Gasteiger partial charge < -0.3 is 0 Å². The molecule has 0 aliphatic carbocycles. The van der Waals surface area contributed by atoms with E-state index < -0.39 is 0 Å². The summed E-state index contributed by atoms with van der Waals surface area (Å²) < 4.78 is 3.01. The molecule has 0 saturated heterocycles. The van der Waals surface area contributed by atoms with Gasteiger partial charge in [0, 0.05) is 0 Å². The molecule has 3 heteroatoms. The molecule has 0 spiro atoms. The topological polar surface area (TPSA) is 6.48 Å². The van der Waals surface area contributed by atoms with Crippen molar-refractivity contribution in [1.82, 2.24) is 0 Å². The summed E-state index contributed by atoms with van der Waals surface area (Å²) in [5.74, 6) is 0. The maximum absolute atomic E-state index is 2.42. The van der Waals surface area contributed by atoms with E-state index in [-0.39, 0.29) is 21.7 Å². The molecule has 0 aliphatic rings. The van der Waals surface area contributed by atoms with Crippen LogP contribution in [0.3, 0.4) is 0 Å². The van der Waals surface area contributed by atoms with Crippen LogP contribution >= 0.6 is 0 Å². The van der Waals surface area contributed by atoms with Crippen molar-refractivity contribution in [2.75, 3.05) is 38.0 Å². The second-order valence-corrected chi connectivity index (χ2v) is 16.5. The molecule has 0 N–H and O–H groups in total. The number of hydrogen-bond acceptors (Lipinski definition) is 2. The van der Waals surface area contributed by atoms with E-state index in [0.29, 0.717) is 18.0 Å². The molecule has 0 radical (unpaired) electrons.